The standard InChI is InChI=1S/C22H14Cl2O3/c23-18-7-4-8-19(24)17(18)13-26-15-9-10-16-20(12-15)27-21(22(16)25)11-14-5-2-1-3-6-14/h1-12H,13H2/b21-11-. The number of carbonyl (C=O) groups excluding carboxylic acids is 1. The van der Waals surface area contributed by atoms with Crippen LogP contribution in [0.15, 0.2) is 72.5 Å². The lowest BCUT2D eigenvalue weighted by molar-refractivity contribution is 0.101. The van der Waals surface area contributed by atoms with Gasteiger partial charge in [-0.05, 0) is 35.9 Å². The Labute approximate surface area is 166 Å². The highest BCUT2D eigenvalue weighted by atomic mass is 35.5. The predicted molar refractivity (Wildman–Crippen MR) is 107 cm³/mol. The summed E-state index contributed by atoms with van der Waals surface area (Å²) in [6, 6.07) is 20.0. The van der Waals surface area contributed by atoms with Gasteiger partial charge in [-0.15, -0.1) is 0 Å². The summed E-state index contributed by atoms with van der Waals surface area (Å²) >= 11 is 12.3. The molecule has 0 radical (unpaired) electrons. The van der Waals surface area contributed by atoms with Crippen LogP contribution in [0, 0.1) is 0 Å². The van der Waals surface area contributed by atoms with Gasteiger partial charge in [0.2, 0.25) is 5.78 Å². The van der Waals surface area contributed by atoms with Crippen molar-refractivity contribution in [1.82, 2.24) is 0 Å². The molecule has 0 aromatic heterocycles. The number of rotatable bonds is 4. The minimum Gasteiger partial charge on any atom is -0.489 e. The second-order valence-electron chi connectivity index (χ2n) is 6.00. The molecule has 4 rings (SSSR count). The van der Waals surface area contributed by atoms with Crippen molar-refractivity contribution in [2.75, 3.05) is 0 Å². The fourth-order valence-electron chi connectivity index (χ4n) is 2.78. The summed E-state index contributed by atoms with van der Waals surface area (Å²) in [6.45, 7) is 0.220. The van der Waals surface area contributed by atoms with Crippen molar-refractivity contribution in [3.63, 3.8) is 0 Å². The molecule has 0 spiro atoms. The van der Waals surface area contributed by atoms with Gasteiger partial charge in [0.05, 0.1) is 5.56 Å². The largest absolute Gasteiger partial charge is 0.489 e. The zero-order chi connectivity index (χ0) is 18.8. The number of halogens is 2. The van der Waals surface area contributed by atoms with Gasteiger partial charge in [-0.25, -0.2) is 0 Å². The van der Waals surface area contributed by atoms with Gasteiger partial charge in [-0.3, -0.25) is 4.79 Å². The van der Waals surface area contributed by atoms with E-state index in [9.17, 15) is 4.79 Å². The van der Waals surface area contributed by atoms with E-state index in [1.165, 1.54) is 0 Å². The molecule has 0 fully saturated rings. The van der Waals surface area contributed by atoms with Crippen LogP contribution in [0.5, 0.6) is 11.5 Å². The van der Waals surface area contributed by atoms with Gasteiger partial charge in [-0.1, -0.05) is 59.6 Å². The first kappa shape index (κ1) is 17.7. The fourth-order valence-corrected chi connectivity index (χ4v) is 3.29. The molecule has 3 aromatic rings. The second kappa shape index (κ2) is 7.47. The van der Waals surface area contributed by atoms with E-state index in [-0.39, 0.29) is 12.4 Å². The number of benzene rings is 3. The van der Waals surface area contributed by atoms with E-state index in [1.54, 1.807) is 42.5 Å². The molecule has 3 aromatic carbocycles. The lowest BCUT2D eigenvalue weighted by atomic mass is 10.1. The van der Waals surface area contributed by atoms with Crippen molar-refractivity contribution in [1.29, 1.82) is 0 Å². The van der Waals surface area contributed by atoms with Crippen molar-refractivity contribution in [3.8, 4) is 11.5 Å². The zero-order valence-electron chi connectivity index (χ0n) is 14.1. The molecule has 0 bridgehead atoms. The van der Waals surface area contributed by atoms with E-state index in [1.807, 2.05) is 30.3 Å². The van der Waals surface area contributed by atoms with Crippen molar-refractivity contribution in [2.24, 2.45) is 0 Å². The molecular formula is C22H14Cl2O3. The second-order valence-corrected chi connectivity index (χ2v) is 6.81. The molecule has 0 saturated carbocycles. The maximum Gasteiger partial charge on any atom is 0.231 e. The highest BCUT2D eigenvalue weighted by Gasteiger charge is 2.27. The van der Waals surface area contributed by atoms with Gasteiger partial charge in [0.25, 0.3) is 0 Å². The lowest BCUT2D eigenvalue weighted by Gasteiger charge is -2.10. The summed E-state index contributed by atoms with van der Waals surface area (Å²) in [5.74, 6) is 1.19. The van der Waals surface area contributed by atoms with E-state index >= 15 is 0 Å². The summed E-state index contributed by atoms with van der Waals surface area (Å²) in [5.41, 5.74) is 2.13. The summed E-state index contributed by atoms with van der Waals surface area (Å²) in [5, 5.41) is 1.09. The molecule has 0 N–H and O–H groups in total. The Balaban J connectivity index is 1.54. The van der Waals surface area contributed by atoms with Crippen LogP contribution in [-0.2, 0) is 6.61 Å². The first-order valence-corrected chi connectivity index (χ1v) is 9.06. The topological polar surface area (TPSA) is 35.5 Å². The van der Waals surface area contributed by atoms with Gasteiger partial charge >= 0.3 is 0 Å². The van der Waals surface area contributed by atoms with Crippen molar-refractivity contribution in [2.45, 2.75) is 6.61 Å². The maximum atomic E-state index is 12.5. The number of hydrogen-bond acceptors (Lipinski definition) is 3. The summed E-state index contributed by atoms with van der Waals surface area (Å²) in [6.07, 6.45) is 1.73. The van der Waals surface area contributed by atoms with Gasteiger partial charge in [0.15, 0.2) is 5.76 Å². The van der Waals surface area contributed by atoms with Crippen LogP contribution in [0.4, 0.5) is 0 Å². The summed E-state index contributed by atoms with van der Waals surface area (Å²) in [4.78, 5) is 12.5. The third-order valence-electron chi connectivity index (χ3n) is 4.18. The summed E-state index contributed by atoms with van der Waals surface area (Å²) < 4.78 is 11.5. The van der Waals surface area contributed by atoms with E-state index < -0.39 is 0 Å². The Morgan fingerprint density at radius 3 is 2.41 bits per heavy atom. The van der Waals surface area contributed by atoms with Crippen molar-refractivity contribution >= 4 is 35.1 Å². The number of ketones is 1. The fraction of sp³-hybridized carbons (Fsp3) is 0.0455. The van der Waals surface area contributed by atoms with Crippen LogP contribution in [0.25, 0.3) is 6.08 Å². The highest BCUT2D eigenvalue weighted by molar-refractivity contribution is 6.35. The molecule has 0 amide bonds. The third kappa shape index (κ3) is 3.70. The zero-order valence-corrected chi connectivity index (χ0v) is 15.6. The Hall–Kier alpha value is -2.75. The van der Waals surface area contributed by atoms with Gasteiger partial charge in [0, 0.05) is 21.7 Å². The van der Waals surface area contributed by atoms with E-state index in [2.05, 4.69) is 0 Å². The predicted octanol–water partition coefficient (Wildman–Crippen LogP) is 6.19. The van der Waals surface area contributed by atoms with E-state index in [0.717, 1.165) is 5.56 Å². The molecule has 0 saturated heterocycles. The Morgan fingerprint density at radius 2 is 1.67 bits per heavy atom. The number of fused-ring (bicyclic) bond motifs is 1. The van der Waals surface area contributed by atoms with E-state index in [4.69, 9.17) is 32.7 Å². The monoisotopic (exact) mass is 396 g/mol. The number of allylic oxidation sites excluding steroid dienone is 1. The van der Waals surface area contributed by atoms with Gasteiger partial charge in [-0.2, -0.15) is 0 Å². The van der Waals surface area contributed by atoms with Gasteiger partial charge < -0.3 is 9.47 Å². The van der Waals surface area contributed by atoms with Crippen molar-refractivity contribution < 1.29 is 14.3 Å². The van der Waals surface area contributed by atoms with Crippen LogP contribution in [0.2, 0.25) is 10.0 Å². The SMILES string of the molecule is O=C1/C(=C/c2ccccc2)Oc2cc(OCc3c(Cl)cccc3Cl)ccc21. The third-order valence-corrected chi connectivity index (χ3v) is 4.89. The van der Waals surface area contributed by atoms with Crippen LogP contribution >= 0.6 is 23.2 Å². The molecule has 0 atom stereocenters. The van der Waals surface area contributed by atoms with Gasteiger partial charge in [0.1, 0.15) is 18.1 Å². The molecule has 1 aliphatic heterocycles. The van der Waals surface area contributed by atoms with E-state index in [0.29, 0.717) is 38.4 Å². The summed E-state index contributed by atoms with van der Waals surface area (Å²) in [7, 11) is 0. The average molecular weight is 397 g/mol. The Morgan fingerprint density at radius 1 is 0.926 bits per heavy atom. The molecule has 3 nitrogen and oxygen atoms in total. The minimum absolute atomic E-state index is 0.144. The first-order valence-electron chi connectivity index (χ1n) is 8.31. The minimum atomic E-state index is -0.144. The molecule has 1 aliphatic rings. The smallest absolute Gasteiger partial charge is 0.231 e. The van der Waals surface area contributed by atoms with Crippen LogP contribution in [-0.4, -0.2) is 5.78 Å². The van der Waals surface area contributed by atoms with Crippen molar-refractivity contribution in [3.05, 3.63) is 99.2 Å². The average Bonchev–Trinajstić information content (AvgIpc) is 2.97. The molecule has 1 heterocycles. The highest BCUT2D eigenvalue weighted by Crippen LogP contribution is 2.35. The Kier molecular flexibility index (Phi) is 4.88. The lowest BCUT2D eigenvalue weighted by Crippen LogP contribution is -1.98. The molecule has 134 valence electrons. The van der Waals surface area contributed by atoms with Crippen LogP contribution in [0.1, 0.15) is 21.5 Å². The quantitative estimate of drug-likeness (QED) is 0.493. The number of hydrogen-bond donors (Lipinski definition) is 0. The maximum absolute atomic E-state index is 12.5. The number of carbonyl (C=O) groups is 1. The molecular weight excluding hydrogens is 383 g/mol. The molecule has 5 heteroatoms. The molecule has 0 aliphatic carbocycles. The van der Waals surface area contributed by atoms with Crippen LogP contribution < -0.4 is 9.47 Å². The molecule has 0 unspecified atom stereocenters. The number of Topliss-reactive ketones (excluding diaryl/α,β-unsaturated/α-hetero) is 1. The van der Waals surface area contributed by atoms with Crippen LogP contribution in [0.3, 0.4) is 0 Å². The first-order chi connectivity index (χ1) is 13.1. The normalized spacial score (nSPS) is 14.1. The molecule has 27 heavy (non-hydrogen) atoms. The Bertz CT molecular complexity index is 1020. The number of ether oxygens (including phenoxy) is 2.